The van der Waals surface area contributed by atoms with Crippen molar-refractivity contribution in [2.45, 2.75) is 60.5 Å². The first-order valence-electron chi connectivity index (χ1n) is 11.1. The van der Waals surface area contributed by atoms with E-state index in [0.717, 1.165) is 43.5 Å². The van der Waals surface area contributed by atoms with Gasteiger partial charge in [0, 0.05) is 20.2 Å². The highest BCUT2D eigenvalue weighted by molar-refractivity contribution is 5.85. The number of halogens is 1. The van der Waals surface area contributed by atoms with Crippen LogP contribution in [0.1, 0.15) is 54.4 Å². The highest BCUT2D eigenvalue weighted by atomic mass is 35.5. The number of nitrogens with one attached hydrogen (secondary N) is 1. The number of aliphatic hydroxyl groups excluding tert-OH is 1. The van der Waals surface area contributed by atoms with Gasteiger partial charge in [0.2, 0.25) is 0 Å². The molecule has 0 aromatic rings. The van der Waals surface area contributed by atoms with Crippen molar-refractivity contribution in [3.8, 4) is 0 Å². The summed E-state index contributed by atoms with van der Waals surface area (Å²) in [4.78, 5) is 22.7. The number of methoxy groups -OCH3 is 1. The average molecular weight is 548 g/mol. The third-order valence-corrected chi connectivity index (χ3v) is 3.25. The lowest BCUT2D eigenvalue weighted by Gasteiger charge is -2.09. The largest absolute Gasteiger partial charge is 0.389 e. The molecule has 0 radical (unpaired) electrons. The van der Waals surface area contributed by atoms with E-state index in [4.69, 9.17) is 46.6 Å². The Morgan fingerprint density at radius 2 is 1.44 bits per heavy atom. The first kappa shape index (κ1) is 47.9. The van der Waals surface area contributed by atoms with Crippen LogP contribution in [0.25, 0.3) is 0 Å². The summed E-state index contributed by atoms with van der Waals surface area (Å²) in [6.07, 6.45) is 3.96. The molecule has 222 valence electrons. The van der Waals surface area contributed by atoms with Crippen molar-refractivity contribution in [3.05, 3.63) is 24.3 Å². The van der Waals surface area contributed by atoms with Crippen LogP contribution in [-0.4, -0.2) is 84.0 Å². The van der Waals surface area contributed by atoms with E-state index in [1.165, 1.54) is 6.42 Å². The molecule has 36 heavy (non-hydrogen) atoms. The van der Waals surface area contributed by atoms with Crippen LogP contribution in [0.5, 0.6) is 0 Å². The maximum atomic E-state index is 9.12. The minimum absolute atomic E-state index is 0. The van der Waals surface area contributed by atoms with Gasteiger partial charge >= 0.3 is 0 Å². The number of guanidine groups is 1. The number of nitrogens with two attached hydrogens (primary N) is 3. The SMILES string of the molecule is C.C.C=C(C)COOCC(O)CNC.C=C(C)COOCCOC.Cl.NCCCCCCN=C(N)N. The summed E-state index contributed by atoms with van der Waals surface area (Å²) < 4.78 is 4.72. The molecule has 12 heteroatoms. The number of unbranched alkanes of at least 4 members (excludes halogenated alkanes) is 3. The van der Waals surface area contributed by atoms with Crippen molar-refractivity contribution in [2.24, 2.45) is 22.2 Å². The lowest BCUT2D eigenvalue weighted by molar-refractivity contribution is -0.298. The molecule has 0 saturated heterocycles. The van der Waals surface area contributed by atoms with Gasteiger partial charge in [0.25, 0.3) is 0 Å². The molecule has 8 N–H and O–H groups in total. The lowest BCUT2D eigenvalue weighted by atomic mass is 10.2. The average Bonchev–Trinajstić information content (AvgIpc) is 2.74. The Bertz CT molecular complexity index is 470. The summed E-state index contributed by atoms with van der Waals surface area (Å²) >= 11 is 0. The molecule has 1 unspecified atom stereocenters. The zero-order valence-corrected chi connectivity index (χ0v) is 22.4. The second-order valence-electron chi connectivity index (χ2n) is 7.26. The van der Waals surface area contributed by atoms with Gasteiger partial charge in [-0.25, -0.2) is 19.6 Å². The second-order valence-corrected chi connectivity index (χ2v) is 7.26. The van der Waals surface area contributed by atoms with E-state index < -0.39 is 6.10 Å². The summed E-state index contributed by atoms with van der Waals surface area (Å²) in [7, 11) is 3.38. The molecule has 0 heterocycles. The smallest absolute Gasteiger partial charge is 0.185 e. The molecule has 0 amide bonds. The quantitative estimate of drug-likeness (QED) is 0.0404. The fourth-order valence-corrected chi connectivity index (χ4v) is 1.70. The molecule has 0 fully saturated rings. The highest BCUT2D eigenvalue weighted by Crippen LogP contribution is 1.98. The van der Waals surface area contributed by atoms with Crippen LogP contribution in [0.15, 0.2) is 29.3 Å². The first-order valence-corrected chi connectivity index (χ1v) is 11.1. The van der Waals surface area contributed by atoms with Crippen LogP contribution in [-0.2, 0) is 24.3 Å². The summed E-state index contributed by atoms with van der Waals surface area (Å²) in [6, 6.07) is 0. The van der Waals surface area contributed by atoms with Crippen molar-refractivity contribution >= 4 is 18.4 Å². The van der Waals surface area contributed by atoms with Gasteiger partial charge in [0.1, 0.15) is 26.4 Å². The molecular formula is C24H58ClN5O6. The van der Waals surface area contributed by atoms with Crippen LogP contribution in [0.2, 0.25) is 0 Å². The van der Waals surface area contributed by atoms with E-state index in [-0.39, 0.29) is 39.8 Å². The number of nitrogens with zero attached hydrogens (tertiary/aromatic N) is 1. The number of ether oxygens (including phenoxy) is 1. The number of hydrogen-bond donors (Lipinski definition) is 5. The molecule has 0 aliphatic rings. The van der Waals surface area contributed by atoms with E-state index in [1.54, 1.807) is 14.2 Å². The van der Waals surface area contributed by atoms with Crippen LogP contribution >= 0.6 is 12.4 Å². The van der Waals surface area contributed by atoms with Crippen LogP contribution < -0.4 is 22.5 Å². The van der Waals surface area contributed by atoms with Crippen molar-refractivity contribution < 1.29 is 29.4 Å². The van der Waals surface area contributed by atoms with Crippen molar-refractivity contribution in [3.63, 3.8) is 0 Å². The molecule has 0 rings (SSSR count). The lowest BCUT2D eigenvalue weighted by Crippen LogP contribution is -2.28. The van der Waals surface area contributed by atoms with E-state index >= 15 is 0 Å². The molecule has 0 aliphatic carbocycles. The Morgan fingerprint density at radius 3 is 1.89 bits per heavy atom. The third kappa shape index (κ3) is 58.5. The molecule has 0 spiro atoms. The van der Waals surface area contributed by atoms with Gasteiger partial charge < -0.3 is 32.4 Å². The Balaban J connectivity index is -0.0000000903. The number of hydrogen-bond acceptors (Lipinski definition) is 9. The zero-order chi connectivity index (χ0) is 25.7. The minimum atomic E-state index is -0.528. The fourth-order valence-electron chi connectivity index (χ4n) is 1.70. The maximum absolute atomic E-state index is 9.12. The summed E-state index contributed by atoms with van der Waals surface area (Å²) in [5.41, 5.74) is 17.4. The number of likely N-dealkylation sites (N-methyl/N-ethyl adjacent to an activating group) is 1. The maximum Gasteiger partial charge on any atom is 0.185 e. The predicted octanol–water partition coefficient (Wildman–Crippen LogP) is 2.72. The normalized spacial score (nSPS) is 9.94. The summed E-state index contributed by atoms with van der Waals surface area (Å²) in [5.74, 6) is 0.184. The molecular weight excluding hydrogens is 490 g/mol. The van der Waals surface area contributed by atoms with E-state index in [9.17, 15) is 0 Å². The van der Waals surface area contributed by atoms with Crippen molar-refractivity contribution in [1.29, 1.82) is 0 Å². The van der Waals surface area contributed by atoms with Gasteiger partial charge in [0.05, 0.1) is 12.7 Å². The molecule has 0 aromatic carbocycles. The number of rotatable bonds is 19. The van der Waals surface area contributed by atoms with Gasteiger partial charge in [-0.1, -0.05) is 52.0 Å². The van der Waals surface area contributed by atoms with Gasteiger partial charge in [-0.15, -0.1) is 12.4 Å². The zero-order valence-electron chi connectivity index (χ0n) is 21.6. The minimum Gasteiger partial charge on any atom is -0.389 e. The van der Waals surface area contributed by atoms with Gasteiger partial charge in [-0.3, -0.25) is 4.99 Å². The second kappa shape index (κ2) is 40.9. The number of aliphatic hydroxyl groups is 1. The molecule has 11 nitrogen and oxygen atoms in total. The number of aliphatic imine (C=N–C) groups is 1. The van der Waals surface area contributed by atoms with Crippen molar-refractivity contribution in [1.82, 2.24) is 5.32 Å². The van der Waals surface area contributed by atoms with Gasteiger partial charge in [-0.2, -0.15) is 0 Å². The molecule has 1 atom stereocenters. The molecule has 0 aromatic heterocycles. The van der Waals surface area contributed by atoms with E-state index in [2.05, 4.69) is 23.5 Å². The Hall–Kier alpha value is -1.28. The van der Waals surface area contributed by atoms with Gasteiger partial charge in [0.15, 0.2) is 5.96 Å². The Morgan fingerprint density at radius 1 is 0.917 bits per heavy atom. The monoisotopic (exact) mass is 547 g/mol. The van der Waals surface area contributed by atoms with Crippen LogP contribution in [0.4, 0.5) is 0 Å². The molecule has 0 bridgehead atoms. The molecule has 0 aliphatic heterocycles. The van der Waals surface area contributed by atoms with E-state index in [1.807, 2.05) is 13.8 Å². The van der Waals surface area contributed by atoms with Crippen molar-refractivity contribution in [2.75, 3.05) is 66.8 Å². The first-order chi connectivity index (χ1) is 15.7. The topological polar surface area (TPSA) is 169 Å². The third-order valence-electron chi connectivity index (χ3n) is 3.25. The molecule has 0 saturated carbocycles. The highest BCUT2D eigenvalue weighted by Gasteiger charge is 2.02. The van der Waals surface area contributed by atoms with Gasteiger partial charge in [-0.05, 0) is 40.3 Å². The van der Waals surface area contributed by atoms with E-state index in [0.29, 0.717) is 33.0 Å². The van der Waals surface area contributed by atoms with Crippen LogP contribution in [0, 0.1) is 0 Å². The summed E-state index contributed by atoms with van der Waals surface area (Å²) in [6.45, 7) is 15.0. The Labute approximate surface area is 227 Å². The fraction of sp³-hybridized carbons (Fsp3) is 0.792. The standard InChI is InChI=1S/C8H17NO3.C7H18N4.C7H14O3.2CH4.ClH/c1-7(2)5-11-12-6-8(10)4-9-3;8-5-3-1-2-4-6-11-7(9)10;1-7(2)6-10-9-5-4-8-3;;;/h8-10H,1,4-6H2,2-3H3;1-6,8H2,(H4,9,10,11);1,4-6H2,2-3H3;2*1H4;1H. The van der Waals surface area contributed by atoms with Crippen LogP contribution in [0.3, 0.4) is 0 Å². The predicted molar refractivity (Wildman–Crippen MR) is 154 cm³/mol. The summed E-state index contributed by atoms with van der Waals surface area (Å²) in [5, 5.41) is 11.9. The Kier molecular flexibility index (Phi) is 54.3.